The summed E-state index contributed by atoms with van der Waals surface area (Å²) in [4.78, 5) is 0. The van der Waals surface area contributed by atoms with E-state index in [9.17, 15) is 0 Å². The first kappa shape index (κ1) is 9.85. The molecular formula is C6H11O6. The van der Waals surface area contributed by atoms with E-state index >= 15 is 0 Å². The van der Waals surface area contributed by atoms with Crippen LogP contribution in [0.15, 0.2) is 0 Å². The van der Waals surface area contributed by atoms with Gasteiger partial charge in [0, 0.05) is 0 Å². The third-order valence-electron chi connectivity index (χ3n) is 1.95. The summed E-state index contributed by atoms with van der Waals surface area (Å²) in [6.07, 6.45) is -9.30. The smallest absolute Gasteiger partial charge is 0.155 e. The molecule has 1 rings (SSSR count). The molecule has 5 atom stereocenters. The lowest BCUT2D eigenvalue weighted by Gasteiger charge is -2.38. The van der Waals surface area contributed by atoms with Crippen molar-refractivity contribution in [3.05, 3.63) is 6.10 Å². The van der Waals surface area contributed by atoms with Gasteiger partial charge in [0.1, 0.15) is 30.5 Å². The van der Waals surface area contributed by atoms with Crippen molar-refractivity contribution in [3.63, 3.8) is 0 Å². The van der Waals surface area contributed by atoms with Gasteiger partial charge in [-0.2, -0.15) is 0 Å². The molecule has 0 saturated heterocycles. The Hall–Kier alpha value is -0.240. The highest BCUT2D eigenvalue weighted by Crippen LogP contribution is 2.25. The predicted molar refractivity (Wildman–Crippen MR) is 35.2 cm³/mol. The molecule has 6 nitrogen and oxygen atoms in total. The second kappa shape index (κ2) is 3.25. The molecule has 0 aromatic rings. The predicted octanol–water partition coefficient (Wildman–Crippen LogP) is -3.29. The number of aliphatic hydroxyl groups excluding tert-OH is 6. The van der Waals surface area contributed by atoms with Crippen LogP contribution in [0.3, 0.4) is 0 Å². The number of rotatable bonds is 0. The Kier molecular flexibility index (Phi) is 2.67. The van der Waals surface area contributed by atoms with Crippen LogP contribution in [-0.4, -0.2) is 61.2 Å². The van der Waals surface area contributed by atoms with Gasteiger partial charge in [0.25, 0.3) is 0 Å². The van der Waals surface area contributed by atoms with Crippen molar-refractivity contribution >= 4 is 0 Å². The molecule has 0 aromatic heterocycles. The molecule has 71 valence electrons. The molecule has 12 heavy (non-hydrogen) atoms. The Bertz CT molecular complexity index is 104. The topological polar surface area (TPSA) is 121 Å². The number of aliphatic hydroxyl groups is 6. The lowest BCUT2D eigenvalue weighted by Crippen LogP contribution is -2.60. The van der Waals surface area contributed by atoms with Gasteiger partial charge in [0.05, 0.1) is 0 Å². The van der Waals surface area contributed by atoms with Crippen molar-refractivity contribution in [1.82, 2.24) is 0 Å². The zero-order chi connectivity index (χ0) is 9.46. The third kappa shape index (κ3) is 1.33. The normalized spacial score (nSPS) is 51.0. The van der Waals surface area contributed by atoms with Crippen LogP contribution in [0.2, 0.25) is 0 Å². The molecule has 1 fully saturated rings. The van der Waals surface area contributed by atoms with Crippen molar-refractivity contribution in [3.8, 4) is 0 Å². The molecule has 6 N–H and O–H groups in total. The van der Waals surface area contributed by atoms with Crippen LogP contribution in [0.4, 0.5) is 0 Å². The van der Waals surface area contributed by atoms with Gasteiger partial charge in [-0.15, -0.1) is 0 Å². The summed E-state index contributed by atoms with van der Waals surface area (Å²) in [5, 5.41) is 53.6. The summed E-state index contributed by atoms with van der Waals surface area (Å²) in [7, 11) is 0. The SMILES string of the molecule is O[C]1[C@@H](O)[C@H](O)C(O)[C@H](O)[C@H]1O. The largest absolute Gasteiger partial charge is 0.387 e. The molecule has 1 aliphatic rings. The average Bonchev–Trinajstić information content (AvgIpc) is 2.08. The van der Waals surface area contributed by atoms with Gasteiger partial charge in [-0.3, -0.25) is 0 Å². The van der Waals surface area contributed by atoms with E-state index < -0.39 is 36.6 Å². The molecule has 0 spiro atoms. The summed E-state index contributed by atoms with van der Waals surface area (Å²) in [6.45, 7) is 0. The minimum atomic E-state index is -1.72. The van der Waals surface area contributed by atoms with Crippen LogP contribution in [0.1, 0.15) is 0 Å². The van der Waals surface area contributed by atoms with Gasteiger partial charge in [-0.05, 0) is 0 Å². The molecule has 1 saturated carbocycles. The highest BCUT2D eigenvalue weighted by Gasteiger charge is 2.48. The van der Waals surface area contributed by atoms with E-state index in [1.807, 2.05) is 0 Å². The molecule has 6 heteroatoms. The van der Waals surface area contributed by atoms with Crippen LogP contribution in [0.25, 0.3) is 0 Å². The van der Waals surface area contributed by atoms with Crippen LogP contribution >= 0.6 is 0 Å². The Morgan fingerprint density at radius 3 is 1.33 bits per heavy atom. The summed E-state index contributed by atoms with van der Waals surface area (Å²) in [5.41, 5.74) is 0. The van der Waals surface area contributed by atoms with Gasteiger partial charge in [0.2, 0.25) is 0 Å². The van der Waals surface area contributed by atoms with Crippen molar-refractivity contribution in [2.24, 2.45) is 0 Å². The maximum atomic E-state index is 8.96. The summed E-state index contributed by atoms with van der Waals surface area (Å²) in [5.74, 6) is 0. The number of hydrogen-bond donors (Lipinski definition) is 6. The molecule has 1 aliphatic carbocycles. The first-order valence-corrected chi connectivity index (χ1v) is 3.43. The van der Waals surface area contributed by atoms with E-state index in [2.05, 4.69) is 0 Å². The van der Waals surface area contributed by atoms with Gasteiger partial charge in [-0.25, -0.2) is 0 Å². The van der Waals surface area contributed by atoms with E-state index in [0.717, 1.165) is 0 Å². The molecule has 0 aromatic carbocycles. The minimum absolute atomic E-state index is 0.833. The zero-order valence-electron chi connectivity index (χ0n) is 6.07. The number of hydrogen-bond acceptors (Lipinski definition) is 6. The van der Waals surface area contributed by atoms with Gasteiger partial charge in [0.15, 0.2) is 6.10 Å². The summed E-state index contributed by atoms with van der Waals surface area (Å²) >= 11 is 0. The molecule has 0 aliphatic heterocycles. The van der Waals surface area contributed by atoms with Crippen LogP contribution in [-0.2, 0) is 0 Å². The maximum absolute atomic E-state index is 8.96. The maximum Gasteiger partial charge on any atom is 0.155 e. The zero-order valence-corrected chi connectivity index (χ0v) is 6.07. The van der Waals surface area contributed by atoms with Crippen LogP contribution in [0, 0.1) is 6.10 Å². The Morgan fingerprint density at radius 1 is 0.667 bits per heavy atom. The fourth-order valence-electron chi connectivity index (χ4n) is 1.10. The summed E-state index contributed by atoms with van der Waals surface area (Å²) in [6, 6.07) is 0. The van der Waals surface area contributed by atoms with Crippen molar-refractivity contribution in [2.75, 3.05) is 0 Å². The van der Waals surface area contributed by atoms with E-state index in [1.54, 1.807) is 0 Å². The molecular weight excluding hydrogens is 168 g/mol. The van der Waals surface area contributed by atoms with E-state index in [1.165, 1.54) is 0 Å². The Balaban J connectivity index is 2.76. The van der Waals surface area contributed by atoms with E-state index in [-0.39, 0.29) is 0 Å². The molecule has 0 amide bonds. The second-order valence-electron chi connectivity index (χ2n) is 2.79. The van der Waals surface area contributed by atoms with E-state index in [0.29, 0.717) is 0 Å². The fraction of sp³-hybridized carbons (Fsp3) is 0.833. The summed E-state index contributed by atoms with van der Waals surface area (Å²) < 4.78 is 0. The van der Waals surface area contributed by atoms with Crippen LogP contribution in [0.5, 0.6) is 0 Å². The van der Waals surface area contributed by atoms with E-state index in [4.69, 9.17) is 30.6 Å². The van der Waals surface area contributed by atoms with Crippen molar-refractivity contribution in [2.45, 2.75) is 30.5 Å². The van der Waals surface area contributed by atoms with Crippen LogP contribution < -0.4 is 0 Å². The second-order valence-corrected chi connectivity index (χ2v) is 2.79. The Morgan fingerprint density at radius 2 is 1.00 bits per heavy atom. The Labute approximate surface area is 68.3 Å². The standard InChI is InChI=1S/C6H11O6/c7-1-2(8)4(10)6(12)5(11)3(1)9/h1-5,7-12H/t1?,2-,3+,4+,5-. The lowest BCUT2D eigenvalue weighted by molar-refractivity contribution is -0.188. The highest BCUT2D eigenvalue weighted by molar-refractivity contribution is 5.08. The monoisotopic (exact) mass is 179 g/mol. The third-order valence-corrected chi connectivity index (χ3v) is 1.95. The average molecular weight is 179 g/mol. The molecule has 0 bridgehead atoms. The lowest BCUT2D eigenvalue weighted by atomic mass is 9.85. The van der Waals surface area contributed by atoms with Crippen molar-refractivity contribution < 1.29 is 30.6 Å². The quantitative estimate of drug-likeness (QED) is 0.232. The molecule has 1 unspecified atom stereocenters. The molecule has 1 radical (unpaired) electrons. The first-order valence-electron chi connectivity index (χ1n) is 3.43. The minimum Gasteiger partial charge on any atom is -0.387 e. The molecule has 0 heterocycles. The fourth-order valence-corrected chi connectivity index (χ4v) is 1.10. The van der Waals surface area contributed by atoms with Gasteiger partial charge in [-0.1, -0.05) is 0 Å². The highest BCUT2D eigenvalue weighted by atomic mass is 16.4. The van der Waals surface area contributed by atoms with Gasteiger partial charge >= 0.3 is 0 Å². The van der Waals surface area contributed by atoms with Gasteiger partial charge < -0.3 is 30.6 Å². The first-order chi connectivity index (χ1) is 5.46. The van der Waals surface area contributed by atoms with Crippen molar-refractivity contribution in [1.29, 1.82) is 0 Å².